The molecule has 1 nitrogen and oxygen atoms in total. The SMILES string of the molecule is CCC1CC1(O)C1CCCC1(C)C. The van der Waals surface area contributed by atoms with Gasteiger partial charge in [0.05, 0.1) is 5.60 Å². The van der Waals surface area contributed by atoms with E-state index in [1.807, 2.05) is 0 Å². The van der Waals surface area contributed by atoms with Crippen molar-refractivity contribution in [3.8, 4) is 0 Å². The molecule has 1 heteroatoms. The molecule has 2 aliphatic rings. The molecule has 2 saturated carbocycles. The monoisotopic (exact) mass is 182 g/mol. The van der Waals surface area contributed by atoms with Gasteiger partial charge in [-0.1, -0.05) is 33.6 Å². The Hall–Kier alpha value is -0.0400. The molecule has 2 rings (SSSR count). The van der Waals surface area contributed by atoms with Gasteiger partial charge in [-0.05, 0) is 36.5 Å². The van der Waals surface area contributed by atoms with Crippen molar-refractivity contribution in [1.29, 1.82) is 0 Å². The molecular weight excluding hydrogens is 160 g/mol. The van der Waals surface area contributed by atoms with Crippen LogP contribution in [0.1, 0.15) is 52.9 Å². The highest BCUT2D eigenvalue weighted by Crippen LogP contribution is 2.60. The lowest BCUT2D eigenvalue weighted by atomic mass is 9.76. The van der Waals surface area contributed by atoms with Crippen LogP contribution in [0.15, 0.2) is 0 Å². The Morgan fingerprint density at radius 2 is 2.08 bits per heavy atom. The van der Waals surface area contributed by atoms with Gasteiger partial charge in [-0.15, -0.1) is 0 Å². The molecule has 0 aromatic carbocycles. The summed E-state index contributed by atoms with van der Waals surface area (Å²) in [6.45, 7) is 6.85. The van der Waals surface area contributed by atoms with Crippen LogP contribution in [0.3, 0.4) is 0 Å². The molecule has 0 radical (unpaired) electrons. The number of hydrogen-bond donors (Lipinski definition) is 1. The van der Waals surface area contributed by atoms with Crippen molar-refractivity contribution in [3.63, 3.8) is 0 Å². The van der Waals surface area contributed by atoms with Gasteiger partial charge in [-0.25, -0.2) is 0 Å². The van der Waals surface area contributed by atoms with Crippen LogP contribution in [0, 0.1) is 17.3 Å². The quantitative estimate of drug-likeness (QED) is 0.696. The lowest BCUT2D eigenvalue weighted by Gasteiger charge is -2.32. The number of hydrogen-bond acceptors (Lipinski definition) is 1. The van der Waals surface area contributed by atoms with Crippen LogP contribution in [-0.4, -0.2) is 10.7 Å². The Bertz CT molecular complexity index is 209. The molecule has 3 unspecified atom stereocenters. The van der Waals surface area contributed by atoms with Gasteiger partial charge in [-0.3, -0.25) is 0 Å². The van der Waals surface area contributed by atoms with Crippen molar-refractivity contribution in [2.45, 2.75) is 58.5 Å². The van der Waals surface area contributed by atoms with Gasteiger partial charge in [0, 0.05) is 0 Å². The molecule has 0 aromatic rings. The Balaban J connectivity index is 2.10. The Kier molecular flexibility index (Phi) is 1.99. The van der Waals surface area contributed by atoms with Crippen LogP contribution in [-0.2, 0) is 0 Å². The molecule has 0 saturated heterocycles. The van der Waals surface area contributed by atoms with E-state index in [9.17, 15) is 5.11 Å². The van der Waals surface area contributed by atoms with Crippen LogP contribution in [0.25, 0.3) is 0 Å². The van der Waals surface area contributed by atoms with E-state index < -0.39 is 0 Å². The van der Waals surface area contributed by atoms with E-state index in [2.05, 4.69) is 20.8 Å². The Labute approximate surface area is 81.5 Å². The van der Waals surface area contributed by atoms with Crippen LogP contribution in [0.2, 0.25) is 0 Å². The van der Waals surface area contributed by atoms with Crippen LogP contribution in [0.5, 0.6) is 0 Å². The van der Waals surface area contributed by atoms with Crippen molar-refractivity contribution >= 4 is 0 Å². The standard InChI is InChI=1S/C12H22O/c1-4-9-8-12(9,13)10-6-5-7-11(10,2)3/h9-10,13H,4-8H2,1-3H3. The van der Waals surface area contributed by atoms with Crippen molar-refractivity contribution < 1.29 is 5.11 Å². The second kappa shape index (κ2) is 2.73. The highest BCUT2D eigenvalue weighted by atomic mass is 16.3. The predicted octanol–water partition coefficient (Wildman–Crippen LogP) is 2.97. The van der Waals surface area contributed by atoms with E-state index in [4.69, 9.17) is 0 Å². The first-order chi connectivity index (χ1) is 6.00. The molecular formula is C12H22O. The first kappa shape index (κ1) is 9.51. The van der Waals surface area contributed by atoms with Crippen molar-refractivity contribution in [3.05, 3.63) is 0 Å². The summed E-state index contributed by atoms with van der Waals surface area (Å²) >= 11 is 0. The molecule has 0 spiro atoms. The summed E-state index contributed by atoms with van der Waals surface area (Å²) in [5, 5.41) is 10.4. The molecule has 0 aliphatic heterocycles. The zero-order valence-electron chi connectivity index (χ0n) is 9.14. The van der Waals surface area contributed by atoms with Gasteiger partial charge in [0.2, 0.25) is 0 Å². The van der Waals surface area contributed by atoms with E-state index in [-0.39, 0.29) is 5.60 Å². The fraction of sp³-hybridized carbons (Fsp3) is 1.00. The maximum Gasteiger partial charge on any atom is 0.0713 e. The molecule has 0 aromatic heterocycles. The fourth-order valence-corrected chi connectivity index (χ4v) is 3.51. The minimum absolute atomic E-state index is 0.269. The second-order valence-corrected chi connectivity index (χ2v) is 5.73. The van der Waals surface area contributed by atoms with E-state index in [1.54, 1.807) is 0 Å². The molecule has 3 atom stereocenters. The van der Waals surface area contributed by atoms with E-state index in [0.29, 0.717) is 17.3 Å². The number of aliphatic hydroxyl groups is 1. The summed E-state index contributed by atoms with van der Waals surface area (Å²) in [7, 11) is 0. The Morgan fingerprint density at radius 3 is 2.46 bits per heavy atom. The van der Waals surface area contributed by atoms with Crippen molar-refractivity contribution in [2.75, 3.05) is 0 Å². The summed E-state index contributed by atoms with van der Waals surface area (Å²) in [6.07, 6.45) is 6.09. The maximum absolute atomic E-state index is 10.4. The molecule has 0 bridgehead atoms. The summed E-state index contributed by atoms with van der Waals surface area (Å²) in [4.78, 5) is 0. The van der Waals surface area contributed by atoms with Gasteiger partial charge in [0.25, 0.3) is 0 Å². The second-order valence-electron chi connectivity index (χ2n) is 5.73. The average Bonchev–Trinajstić information content (AvgIpc) is 2.57. The van der Waals surface area contributed by atoms with Crippen molar-refractivity contribution in [2.24, 2.45) is 17.3 Å². The topological polar surface area (TPSA) is 20.2 Å². The zero-order chi connectivity index (χ0) is 9.69. The lowest BCUT2D eigenvalue weighted by Crippen LogP contribution is -2.32. The van der Waals surface area contributed by atoms with Gasteiger partial charge < -0.3 is 5.11 Å². The number of rotatable bonds is 2. The van der Waals surface area contributed by atoms with Crippen LogP contribution < -0.4 is 0 Å². The smallest absolute Gasteiger partial charge is 0.0713 e. The average molecular weight is 182 g/mol. The summed E-state index contributed by atoms with van der Waals surface area (Å²) in [5.74, 6) is 1.18. The molecule has 1 N–H and O–H groups in total. The van der Waals surface area contributed by atoms with Gasteiger partial charge in [-0.2, -0.15) is 0 Å². The highest BCUT2D eigenvalue weighted by molar-refractivity contribution is 5.11. The van der Waals surface area contributed by atoms with Crippen LogP contribution >= 0.6 is 0 Å². The van der Waals surface area contributed by atoms with Crippen molar-refractivity contribution in [1.82, 2.24) is 0 Å². The maximum atomic E-state index is 10.4. The first-order valence-corrected chi connectivity index (χ1v) is 5.73. The first-order valence-electron chi connectivity index (χ1n) is 5.73. The molecule has 0 amide bonds. The largest absolute Gasteiger partial charge is 0.389 e. The van der Waals surface area contributed by atoms with Gasteiger partial charge in [0.1, 0.15) is 0 Å². The summed E-state index contributed by atoms with van der Waals surface area (Å²) in [5.41, 5.74) is 0.118. The lowest BCUT2D eigenvalue weighted by molar-refractivity contribution is 0.0171. The molecule has 76 valence electrons. The molecule has 13 heavy (non-hydrogen) atoms. The van der Waals surface area contributed by atoms with E-state index in [1.165, 1.54) is 19.3 Å². The summed E-state index contributed by atoms with van der Waals surface area (Å²) in [6, 6.07) is 0. The van der Waals surface area contributed by atoms with E-state index >= 15 is 0 Å². The van der Waals surface area contributed by atoms with Gasteiger partial charge >= 0.3 is 0 Å². The minimum Gasteiger partial charge on any atom is -0.389 e. The third kappa shape index (κ3) is 1.32. The third-order valence-corrected chi connectivity index (χ3v) is 4.47. The summed E-state index contributed by atoms with van der Waals surface area (Å²) < 4.78 is 0. The molecule has 2 aliphatic carbocycles. The van der Waals surface area contributed by atoms with E-state index in [0.717, 1.165) is 12.8 Å². The zero-order valence-corrected chi connectivity index (χ0v) is 9.14. The van der Waals surface area contributed by atoms with Crippen LogP contribution in [0.4, 0.5) is 0 Å². The van der Waals surface area contributed by atoms with Gasteiger partial charge in [0.15, 0.2) is 0 Å². The molecule has 2 fully saturated rings. The highest BCUT2D eigenvalue weighted by Gasteiger charge is 2.61. The fourth-order valence-electron chi connectivity index (χ4n) is 3.51. The Morgan fingerprint density at radius 1 is 1.38 bits per heavy atom. The third-order valence-electron chi connectivity index (χ3n) is 4.47. The minimum atomic E-state index is -0.269. The molecule has 0 heterocycles. The predicted molar refractivity (Wildman–Crippen MR) is 54.5 cm³/mol. The normalized spacial score (nSPS) is 48.0.